The molecule has 1 aromatic rings. The van der Waals surface area contributed by atoms with Crippen LogP contribution in [0.3, 0.4) is 0 Å². The van der Waals surface area contributed by atoms with Crippen molar-refractivity contribution in [3.63, 3.8) is 0 Å². The van der Waals surface area contributed by atoms with Gasteiger partial charge in [-0.2, -0.15) is 0 Å². The Kier molecular flexibility index (Phi) is 5.45. The molecule has 0 amide bonds. The summed E-state index contributed by atoms with van der Waals surface area (Å²) in [7, 11) is 0. The summed E-state index contributed by atoms with van der Waals surface area (Å²) in [6, 6.07) is 5.05. The summed E-state index contributed by atoms with van der Waals surface area (Å²) >= 11 is 11.9. The zero-order valence-corrected chi connectivity index (χ0v) is 11.9. The first kappa shape index (κ1) is 15.3. The number of carbonyl (C=O) groups is 1. The number of aliphatic hydroxyl groups is 1. The summed E-state index contributed by atoms with van der Waals surface area (Å²) in [6.45, 7) is 3.67. The standard InChI is InChI=1S/C13H16Cl2O3/c1-3-18-11(16)7-8-13(2,17)9-5-4-6-10(14)12(9)15/h4-6,17H,3,7-8H2,1-2H3. The summed E-state index contributed by atoms with van der Waals surface area (Å²) in [5.41, 5.74) is -0.699. The Labute approximate surface area is 117 Å². The van der Waals surface area contributed by atoms with Gasteiger partial charge in [0.25, 0.3) is 0 Å². The Bertz CT molecular complexity index is 430. The molecule has 1 aromatic carbocycles. The van der Waals surface area contributed by atoms with Crippen LogP contribution in [-0.2, 0) is 15.1 Å². The molecule has 0 fully saturated rings. The van der Waals surface area contributed by atoms with Crippen LogP contribution < -0.4 is 0 Å². The van der Waals surface area contributed by atoms with Gasteiger partial charge in [-0.15, -0.1) is 0 Å². The first-order valence-electron chi connectivity index (χ1n) is 5.71. The van der Waals surface area contributed by atoms with Crippen molar-refractivity contribution in [3.05, 3.63) is 33.8 Å². The lowest BCUT2D eigenvalue weighted by Gasteiger charge is -2.24. The van der Waals surface area contributed by atoms with Crippen LogP contribution in [0.4, 0.5) is 0 Å². The van der Waals surface area contributed by atoms with E-state index in [4.69, 9.17) is 27.9 Å². The third kappa shape index (κ3) is 3.87. The minimum absolute atomic E-state index is 0.129. The van der Waals surface area contributed by atoms with Crippen LogP contribution in [0.1, 0.15) is 32.3 Å². The van der Waals surface area contributed by atoms with Gasteiger partial charge < -0.3 is 9.84 Å². The highest BCUT2D eigenvalue weighted by molar-refractivity contribution is 6.42. The number of esters is 1. The predicted octanol–water partition coefficient (Wildman–Crippen LogP) is 3.54. The molecule has 0 bridgehead atoms. The molecule has 0 saturated carbocycles. The van der Waals surface area contributed by atoms with Crippen molar-refractivity contribution >= 4 is 29.2 Å². The molecule has 1 unspecified atom stereocenters. The van der Waals surface area contributed by atoms with Crippen molar-refractivity contribution in [1.29, 1.82) is 0 Å². The third-order valence-electron chi connectivity index (χ3n) is 2.65. The zero-order chi connectivity index (χ0) is 13.8. The van der Waals surface area contributed by atoms with Gasteiger partial charge in [-0.1, -0.05) is 35.3 Å². The summed E-state index contributed by atoms with van der Waals surface area (Å²) in [4.78, 5) is 11.3. The Morgan fingerprint density at radius 2 is 2.11 bits per heavy atom. The fraction of sp³-hybridized carbons (Fsp3) is 0.462. The lowest BCUT2D eigenvalue weighted by molar-refractivity contribution is -0.144. The maximum Gasteiger partial charge on any atom is 0.305 e. The molecule has 100 valence electrons. The Hall–Kier alpha value is -0.770. The molecule has 0 aliphatic carbocycles. The van der Waals surface area contributed by atoms with E-state index in [1.54, 1.807) is 32.0 Å². The molecule has 0 heterocycles. The van der Waals surface area contributed by atoms with Crippen LogP contribution in [0.2, 0.25) is 10.0 Å². The highest BCUT2D eigenvalue weighted by atomic mass is 35.5. The van der Waals surface area contributed by atoms with Gasteiger partial charge in [0.2, 0.25) is 0 Å². The molecule has 0 aliphatic heterocycles. The molecular formula is C13H16Cl2O3. The Morgan fingerprint density at radius 3 is 2.72 bits per heavy atom. The van der Waals surface area contributed by atoms with E-state index in [9.17, 15) is 9.90 Å². The van der Waals surface area contributed by atoms with Crippen molar-refractivity contribution in [3.8, 4) is 0 Å². The maximum atomic E-state index is 11.3. The normalized spacial score (nSPS) is 14.1. The first-order chi connectivity index (χ1) is 8.38. The smallest absolute Gasteiger partial charge is 0.305 e. The van der Waals surface area contributed by atoms with Crippen LogP contribution in [0.5, 0.6) is 0 Å². The van der Waals surface area contributed by atoms with Crippen molar-refractivity contribution < 1.29 is 14.6 Å². The zero-order valence-electron chi connectivity index (χ0n) is 10.4. The number of ether oxygens (including phenoxy) is 1. The van der Waals surface area contributed by atoms with Crippen LogP contribution in [0, 0.1) is 0 Å². The van der Waals surface area contributed by atoms with Gasteiger partial charge in [0, 0.05) is 12.0 Å². The van der Waals surface area contributed by atoms with E-state index >= 15 is 0 Å². The van der Waals surface area contributed by atoms with Crippen molar-refractivity contribution in [2.75, 3.05) is 6.61 Å². The Balaban J connectivity index is 2.79. The number of hydrogen-bond acceptors (Lipinski definition) is 3. The molecular weight excluding hydrogens is 275 g/mol. The molecule has 0 spiro atoms. The predicted molar refractivity (Wildman–Crippen MR) is 71.9 cm³/mol. The second kappa shape index (κ2) is 6.41. The number of halogens is 2. The second-order valence-corrected chi connectivity index (χ2v) is 4.97. The number of rotatable bonds is 5. The van der Waals surface area contributed by atoms with Crippen molar-refractivity contribution in [2.24, 2.45) is 0 Å². The quantitative estimate of drug-likeness (QED) is 0.844. The van der Waals surface area contributed by atoms with Crippen molar-refractivity contribution in [2.45, 2.75) is 32.3 Å². The van der Waals surface area contributed by atoms with E-state index in [0.717, 1.165) is 0 Å². The van der Waals surface area contributed by atoms with Gasteiger partial charge in [-0.25, -0.2) is 0 Å². The van der Waals surface area contributed by atoms with E-state index < -0.39 is 5.60 Å². The molecule has 0 aromatic heterocycles. The lowest BCUT2D eigenvalue weighted by Crippen LogP contribution is -2.23. The monoisotopic (exact) mass is 290 g/mol. The molecule has 0 saturated heterocycles. The third-order valence-corrected chi connectivity index (χ3v) is 3.47. The number of hydrogen-bond donors (Lipinski definition) is 1. The van der Waals surface area contributed by atoms with Crippen LogP contribution in [0.15, 0.2) is 18.2 Å². The first-order valence-corrected chi connectivity index (χ1v) is 6.46. The SMILES string of the molecule is CCOC(=O)CCC(C)(O)c1cccc(Cl)c1Cl. The second-order valence-electron chi connectivity index (χ2n) is 4.18. The van der Waals surface area contributed by atoms with E-state index in [-0.39, 0.29) is 18.8 Å². The summed E-state index contributed by atoms with van der Waals surface area (Å²) in [5, 5.41) is 11.1. The fourth-order valence-corrected chi connectivity index (χ4v) is 2.14. The van der Waals surface area contributed by atoms with Gasteiger partial charge in [0.1, 0.15) is 0 Å². The van der Waals surface area contributed by atoms with Gasteiger partial charge in [-0.05, 0) is 26.3 Å². The fourth-order valence-electron chi connectivity index (χ4n) is 1.63. The van der Waals surface area contributed by atoms with Gasteiger partial charge >= 0.3 is 5.97 Å². The average Bonchev–Trinajstić information content (AvgIpc) is 2.30. The van der Waals surface area contributed by atoms with Crippen LogP contribution in [-0.4, -0.2) is 17.7 Å². The van der Waals surface area contributed by atoms with E-state index in [1.165, 1.54) is 0 Å². The van der Waals surface area contributed by atoms with Crippen molar-refractivity contribution in [1.82, 2.24) is 0 Å². The minimum atomic E-state index is -1.21. The number of benzene rings is 1. The molecule has 5 heteroatoms. The average molecular weight is 291 g/mol. The van der Waals surface area contributed by atoms with Gasteiger partial charge in [0.05, 0.1) is 22.3 Å². The van der Waals surface area contributed by atoms with E-state index in [1.807, 2.05) is 0 Å². The molecule has 0 radical (unpaired) electrons. The van der Waals surface area contributed by atoms with Gasteiger partial charge in [0.15, 0.2) is 0 Å². The van der Waals surface area contributed by atoms with Gasteiger partial charge in [-0.3, -0.25) is 4.79 Å². The van der Waals surface area contributed by atoms with Crippen LogP contribution in [0.25, 0.3) is 0 Å². The summed E-state index contributed by atoms with van der Waals surface area (Å²) in [5.74, 6) is -0.337. The van der Waals surface area contributed by atoms with E-state index in [2.05, 4.69) is 0 Å². The maximum absolute atomic E-state index is 11.3. The number of carbonyl (C=O) groups excluding carboxylic acids is 1. The Morgan fingerprint density at radius 1 is 1.44 bits per heavy atom. The summed E-state index contributed by atoms with van der Waals surface area (Å²) in [6.07, 6.45) is 0.357. The summed E-state index contributed by atoms with van der Waals surface area (Å²) < 4.78 is 4.82. The molecule has 1 N–H and O–H groups in total. The highest BCUT2D eigenvalue weighted by Gasteiger charge is 2.27. The largest absolute Gasteiger partial charge is 0.466 e. The molecule has 1 rings (SSSR count). The molecule has 3 nitrogen and oxygen atoms in total. The molecule has 1 atom stereocenters. The molecule has 0 aliphatic rings. The van der Waals surface area contributed by atoms with Crippen LogP contribution >= 0.6 is 23.2 Å². The highest BCUT2D eigenvalue weighted by Crippen LogP contribution is 2.35. The minimum Gasteiger partial charge on any atom is -0.466 e. The molecule has 18 heavy (non-hydrogen) atoms. The van der Waals surface area contributed by atoms with E-state index in [0.29, 0.717) is 22.2 Å². The topological polar surface area (TPSA) is 46.5 Å². The lowest BCUT2D eigenvalue weighted by atomic mass is 9.91.